The second-order valence-electron chi connectivity index (χ2n) is 3.60. The average molecular weight is 256 g/mol. The number of hydrogen-bond acceptors (Lipinski definition) is 3. The van der Waals surface area contributed by atoms with Crippen molar-refractivity contribution in [1.82, 2.24) is 14.8 Å². The fourth-order valence-electron chi connectivity index (χ4n) is 1.44. The van der Waals surface area contributed by atoms with Gasteiger partial charge in [-0.2, -0.15) is 5.10 Å². The van der Waals surface area contributed by atoms with Crippen LogP contribution in [0.4, 0.5) is 4.39 Å². The number of rotatable bonds is 3. The zero-order valence-electron chi connectivity index (χ0n) is 9.44. The van der Waals surface area contributed by atoms with E-state index in [0.717, 1.165) is 11.9 Å². The zero-order chi connectivity index (χ0) is 12.4. The molecule has 0 fully saturated rings. The van der Waals surface area contributed by atoms with Gasteiger partial charge in [-0.3, -0.25) is 0 Å². The number of halogens is 2. The Morgan fingerprint density at radius 3 is 2.82 bits per heavy atom. The predicted molar refractivity (Wildman–Crippen MR) is 61.8 cm³/mol. The molecule has 0 unspecified atom stereocenters. The van der Waals surface area contributed by atoms with E-state index in [-0.39, 0.29) is 5.88 Å². The standard InChI is InChI=1S/C11H11ClFN3O/c1-7-3-10(16(2)15-7)17-11-8(5-12)4-9(13)6-14-11/h3-4,6H,5H2,1-2H3. The SMILES string of the molecule is Cc1cc(Oc2ncc(F)cc2CCl)n(C)n1. The van der Waals surface area contributed by atoms with Gasteiger partial charge in [-0.1, -0.05) is 0 Å². The van der Waals surface area contributed by atoms with Crippen molar-refractivity contribution in [3.63, 3.8) is 0 Å². The minimum Gasteiger partial charge on any atom is -0.421 e. The molecular formula is C11H11ClFN3O. The molecule has 4 nitrogen and oxygen atoms in total. The highest BCUT2D eigenvalue weighted by Gasteiger charge is 2.10. The summed E-state index contributed by atoms with van der Waals surface area (Å²) in [4.78, 5) is 3.87. The minimum absolute atomic E-state index is 0.136. The highest BCUT2D eigenvalue weighted by Crippen LogP contribution is 2.24. The van der Waals surface area contributed by atoms with E-state index in [4.69, 9.17) is 16.3 Å². The number of aryl methyl sites for hydroxylation is 2. The maximum absolute atomic E-state index is 13.0. The summed E-state index contributed by atoms with van der Waals surface area (Å²) in [5, 5.41) is 4.14. The second kappa shape index (κ2) is 4.71. The molecule has 0 N–H and O–H groups in total. The molecule has 0 radical (unpaired) electrons. The molecule has 0 spiro atoms. The molecule has 0 saturated heterocycles. The van der Waals surface area contributed by atoms with E-state index in [1.165, 1.54) is 6.07 Å². The fraction of sp³-hybridized carbons (Fsp3) is 0.273. The van der Waals surface area contributed by atoms with Gasteiger partial charge in [0.15, 0.2) is 0 Å². The lowest BCUT2D eigenvalue weighted by molar-refractivity contribution is 0.409. The highest BCUT2D eigenvalue weighted by molar-refractivity contribution is 6.17. The molecule has 6 heteroatoms. The predicted octanol–water partition coefficient (Wildman–Crippen LogP) is 2.79. The molecule has 0 atom stereocenters. The maximum atomic E-state index is 13.0. The molecule has 2 rings (SSSR count). The lowest BCUT2D eigenvalue weighted by atomic mass is 10.3. The summed E-state index contributed by atoms with van der Waals surface area (Å²) in [7, 11) is 1.76. The molecule has 0 aliphatic rings. The molecule has 2 aromatic heterocycles. The van der Waals surface area contributed by atoms with Crippen LogP contribution in [0.25, 0.3) is 0 Å². The molecule has 17 heavy (non-hydrogen) atoms. The second-order valence-corrected chi connectivity index (χ2v) is 3.87. The Hall–Kier alpha value is -1.62. The van der Waals surface area contributed by atoms with Gasteiger partial charge in [0.25, 0.3) is 0 Å². The van der Waals surface area contributed by atoms with Crippen LogP contribution in [-0.2, 0) is 12.9 Å². The summed E-state index contributed by atoms with van der Waals surface area (Å²) in [6, 6.07) is 3.07. The summed E-state index contributed by atoms with van der Waals surface area (Å²) in [6.45, 7) is 1.85. The Bertz CT molecular complexity index is 542. The van der Waals surface area contributed by atoms with Gasteiger partial charge < -0.3 is 4.74 Å². The molecular weight excluding hydrogens is 245 g/mol. The van der Waals surface area contributed by atoms with E-state index in [1.54, 1.807) is 17.8 Å². The summed E-state index contributed by atoms with van der Waals surface area (Å²) in [6.07, 6.45) is 1.09. The topological polar surface area (TPSA) is 39.9 Å². The monoisotopic (exact) mass is 255 g/mol. The van der Waals surface area contributed by atoms with Crippen molar-refractivity contribution in [2.75, 3.05) is 0 Å². The third-order valence-electron chi connectivity index (χ3n) is 2.20. The Labute approximate surface area is 103 Å². The Morgan fingerprint density at radius 2 is 2.24 bits per heavy atom. The van der Waals surface area contributed by atoms with Crippen LogP contribution in [0.15, 0.2) is 18.3 Å². The van der Waals surface area contributed by atoms with Crippen molar-refractivity contribution in [1.29, 1.82) is 0 Å². The van der Waals surface area contributed by atoms with Gasteiger partial charge in [-0.05, 0) is 13.0 Å². The molecule has 2 heterocycles. The first-order chi connectivity index (χ1) is 8.10. The van der Waals surface area contributed by atoms with Gasteiger partial charge in [0, 0.05) is 18.7 Å². The lowest BCUT2D eigenvalue weighted by Crippen LogP contribution is -1.99. The highest BCUT2D eigenvalue weighted by atomic mass is 35.5. The smallest absolute Gasteiger partial charge is 0.225 e. The van der Waals surface area contributed by atoms with Gasteiger partial charge in [-0.25, -0.2) is 14.1 Å². The minimum atomic E-state index is -0.436. The molecule has 0 amide bonds. The number of nitrogens with zero attached hydrogens (tertiary/aromatic N) is 3. The zero-order valence-corrected chi connectivity index (χ0v) is 10.2. The number of aromatic nitrogens is 3. The van der Waals surface area contributed by atoms with Gasteiger partial charge in [0.05, 0.1) is 17.8 Å². The molecule has 0 bridgehead atoms. The van der Waals surface area contributed by atoms with Crippen LogP contribution in [0.5, 0.6) is 11.8 Å². The van der Waals surface area contributed by atoms with Crippen molar-refractivity contribution in [3.8, 4) is 11.8 Å². The Balaban J connectivity index is 2.32. The molecule has 0 aromatic carbocycles. The summed E-state index contributed by atoms with van der Waals surface area (Å²) in [5.74, 6) is 0.531. The van der Waals surface area contributed by atoms with Crippen LogP contribution in [0.1, 0.15) is 11.3 Å². The van der Waals surface area contributed by atoms with E-state index in [9.17, 15) is 4.39 Å². The third-order valence-corrected chi connectivity index (χ3v) is 2.48. The van der Waals surface area contributed by atoms with Crippen LogP contribution >= 0.6 is 11.6 Å². The van der Waals surface area contributed by atoms with Crippen LogP contribution in [0.3, 0.4) is 0 Å². The molecule has 2 aromatic rings. The van der Waals surface area contributed by atoms with Crippen LogP contribution < -0.4 is 4.74 Å². The van der Waals surface area contributed by atoms with E-state index in [2.05, 4.69) is 10.1 Å². The summed E-state index contributed by atoms with van der Waals surface area (Å²) < 4.78 is 20.1. The van der Waals surface area contributed by atoms with Crippen molar-refractivity contribution in [2.24, 2.45) is 7.05 Å². The molecule has 0 aliphatic heterocycles. The van der Waals surface area contributed by atoms with Gasteiger partial charge in [0.2, 0.25) is 11.8 Å². The summed E-state index contributed by atoms with van der Waals surface area (Å²) >= 11 is 5.71. The van der Waals surface area contributed by atoms with Gasteiger partial charge in [0.1, 0.15) is 5.82 Å². The first kappa shape index (κ1) is 11.9. The molecule has 0 aliphatic carbocycles. The largest absolute Gasteiger partial charge is 0.421 e. The molecule has 0 saturated carbocycles. The lowest BCUT2D eigenvalue weighted by Gasteiger charge is -2.07. The van der Waals surface area contributed by atoms with Gasteiger partial charge >= 0.3 is 0 Å². The first-order valence-corrected chi connectivity index (χ1v) is 5.52. The number of hydrogen-bond donors (Lipinski definition) is 0. The van der Waals surface area contributed by atoms with Crippen molar-refractivity contribution in [2.45, 2.75) is 12.8 Å². The summed E-state index contributed by atoms with van der Waals surface area (Å²) in [5.41, 5.74) is 1.34. The van der Waals surface area contributed by atoms with Crippen molar-refractivity contribution >= 4 is 11.6 Å². The van der Waals surface area contributed by atoms with E-state index in [0.29, 0.717) is 17.3 Å². The van der Waals surface area contributed by atoms with E-state index < -0.39 is 5.82 Å². The number of alkyl halides is 1. The Morgan fingerprint density at radius 1 is 1.47 bits per heavy atom. The number of ether oxygens (including phenoxy) is 1. The van der Waals surface area contributed by atoms with Crippen molar-refractivity contribution in [3.05, 3.63) is 35.4 Å². The van der Waals surface area contributed by atoms with Crippen LogP contribution in [0.2, 0.25) is 0 Å². The van der Waals surface area contributed by atoms with E-state index in [1.807, 2.05) is 6.92 Å². The normalized spacial score (nSPS) is 10.6. The van der Waals surface area contributed by atoms with Crippen LogP contribution in [-0.4, -0.2) is 14.8 Å². The average Bonchev–Trinajstić information content (AvgIpc) is 2.60. The third kappa shape index (κ3) is 2.55. The quantitative estimate of drug-likeness (QED) is 0.792. The van der Waals surface area contributed by atoms with Crippen molar-refractivity contribution < 1.29 is 9.13 Å². The fourth-order valence-corrected chi connectivity index (χ4v) is 1.63. The van der Waals surface area contributed by atoms with E-state index >= 15 is 0 Å². The number of pyridine rings is 1. The Kier molecular flexibility index (Phi) is 3.28. The van der Waals surface area contributed by atoms with Gasteiger partial charge in [-0.15, -0.1) is 11.6 Å². The van der Waals surface area contributed by atoms with Crippen LogP contribution in [0, 0.1) is 12.7 Å². The first-order valence-electron chi connectivity index (χ1n) is 4.99. The molecule has 90 valence electrons. The maximum Gasteiger partial charge on any atom is 0.225 e.